The fourth-order valence-corrected chi connectivity index (χ4v) is 2.01. The molecule has 1 rings (SSSR count). The molecule has 1 fully saturated rings. The van der Waals surface area contributed by atoms with Crippen molar-refractivity contribution in [2.45, 2.75) is 58.4 Å². The van der Waals surface area contributed by atoms with Crippen LogP contribution in [0.5, 0.6) is 0 Å². The van der Waals surface area contributed by atoms with E-state index in [0.29, 0.717) is 0 Å². The molecule has 1 aliphatic rings. The summed E-state index contributed by atoms with van der Waals surface area (Å²) in [5, 5.41) is 3.53. The second kappa shape index (κ2) is 8.93. The van der Waals surface area contributed by atoms with E-state index in [9.17, 15) is 0 Å². The average Bonchev–Trinajstić information content (AvgIpc) is 3.12. The number of nitrogens with zero attached hydrogens (tertiary/aromatic N) is 1. The number of ether oxygens (including phenoxy) is 1. The van der Waals surface area contributed by atoms with Crippen molar-refractivity contribution in [3.63, 3.8) is 0 Å². The minimum atomic E-state index is 0.260. The lowest BCUT2D eigenvalue weighted by Gasteiger charge is -2.20. The summed E-state index contributed by atoms with van der Waals surface area (Å²) in [6.07, 6.45) is 6.67. The van der Waals surface area contributed by atoms with Crippen molar-refractivity contribution in [1.29, 1.82) is 0 Å². The van der Waals surface area contributed by atoms with E-state index in [2.05, 4.69) is 38.0 Å². The van der Waals surface area contributed by atoms with Gasteiger partial charge in [-0.25, -0.2) is 0 Å². The summed E-state index contributed by atoms with van der Waals surface area (Å²) >= 11 is 0. The van der Waals surface area contributed by atoms with Crippen molar-refractivity contribution in [2.24, 2.45) is 5.92 Å². The van der Waals surface area contributed by atoms with Gasteiger partial charge in [-0.3, -0.25) is 0 Å². The fourth-order valence-electron chi connectivity index (χ4n) is 2.01. The van der Waals surface area contributed by atoms with Gasteiger partial charge in [0.05, 0.1) is 6.61 Å². The van der Waals surface area contributed by atoms with Gasteiger partial charge in [0.2, 0.25) is 0 Å². The zero-order valence-electron chi connectivity index (χ0n) is 13.5. The van der Waals surface area contributed by atoms with Gasteiger partial charge in [0.15, 0.2) is 0 Å². The highest BCUT2D eigenvalue weighted by molar-refractivity contribution is 4.72. The van der Waals surface area contributed by atoms with Crippen molar-refractivity contribution in [3.8, 4) is 0 Å². The van der Waals surface area contributed by atoms with Gasteiger partial charge in [-0.2, -0.15) is 0 Å². The van der Waals surface area contributed by atoms with E-state index in [1.54, 1.807) is 0 Å². The van der Waals surface area contributed by atoms with Crippen LogP contribution in [0.4, 0.5) is 0 Å². The van der Waals surface area contributed by atoms with E-state index in [-0.39, 0.29) is 5.54 Å². The van der Waals surface area contributed by atoms with Gasteiger partial charge in [0.1, 0.15) is 0 Å². The minimum absolute atomic E-state index is 0.260. The Kier molecular flexibility index (Phi) is 7.96. The SMILES string of the molecule is CN(CCCCCNC(C)(C)C)CCOCC1CC1. The predicted octanol–water partition coefficient (Wildman–Crippen LogP) is 2.90. The maximum absolute atomic E-state index is 5.66. The van der Waals surface area contributed by atoms with Crippen LogP contribution in [0.1, 0.15) is 52.9 Å². The lowest BCUT2D eigenvalue weighted by molar-refractivity contribution is 0.103. The maximum atomic E-state index is 5.66. The van der Waals surface area contributed by atoms with Gasteiger partial charge in [-0.1, -0.05) is 6.42 Å². The summed E-state index contributed by atoms with van der Waals surface area (Å²) < 4.78 is 5.66. The second-order valence-electron chi connectivity index (χ2n) is 7.06. The van der Waals surface area contributed by atoms with Crippen LogP contribution in [0.3, 0.4) is 0 Å². The van der Waals surface area contributed by atoms with E-state index in [1.165, 1.54) is 38.6 Å². The molecule has 114 valence electrons. The maximum Gasteiger partial charge on any atom is 0.0593 e. The van der Waals surface area contributed by atoms with Gasteiger partial charge in [-0.05, 0) is 72.5 Å². The molecule has 1 aliphatic carbocycles. The van der Waals surface area contributed by atoms with Crippen LogP contribution < -0.4 is 5.32 Å². The molecule has 3 heteroatoms. The Balaban J connectivity index is 1.79. The molecule has 0 amide bonds. The highest BCUT2D eigenvalue weighted by Crippen LogP contribution is 2.28. The van der Waals surface area contributed by atoms with Crippen molar-refractivity contribution < 1.29 is 4.74 Å². The summed E-state index contributed by atoms with van der Waals surface area (Å²) in [6, 6.07) is 0. The van der Waals surface area contributed by atoms with E-state index < -0.39 is 0 Å². The number of rotatable bonds is 11. The Hall–Kier alpha value is -0.120. The minimum Gasteiger partial charge on any atom is -0.380 e. The van der Waals surface area contributed by atoms with Crippen LogP contribution >= 0.6 is 0 Å². The summed E-state index contributed by atoms with van der Waals surface area (Å²) in [5.74, 6) is 0.889. The third-order valence-corrected chi connectivity index (χ3v) is 3.54. The van der Waals surface area contributed by atoms with E-state index in [1.807, 2.05) is 0 Å². The molecule has 0 radical (unpaired) electrons. The number of hydrogen-bond donors (Lipinski definition) is 1. The molecule has 1 N–H and O–H groups in total. The molecule has 3 nitrogen and oxygen atoms in total. The highest BCUT2D eigenvalue weighted by atomic mass is 16.5. The number of likely N-dealkylation sites (N-methyl/N-ethyl adjacent to an activating group) is 1. The summed E-state index contributed by atoms with van der Waals surface area (Å²) in [4.78, 5) is 2.39. The Bertz CT molecular complexity index is 221. The zero-order chi connectivity index (χ0) is 14.1. The van der Waals surface area contributed by atoms with Crippen LogP contribution in [0.15, 0.2) is 0 Å². The topological polar surface area (TPSA) is 24.5 Å². The van der Waals surface area contributed by atoms with Gasteiger partial charge in [-0.15, -0.1) is 0 Å². The molecular weight excluding hydrogens is 236 g/mol. The molecule has 0 saturated heterocycles. The van der Waals surface area contributed by atoms with E-state index in [0.717, 1.165) is 32.2 Å². The smallest absolute Gasteiger partial charge is 0.0593 e. The van der Waals surface area contributed by atoms with Crippen molar-refractivity contribution in [1.82, 2.24) is 10.2 Å². The number of nitrogens with one attached hydrogen (secondary N) is 1. The largest absolute Gasteiger partial charge is 0.380 e. The van der Waals surface area contributed by atoms with Crippen LogP contribution in [-0.4, -0.2) is 50.3 Å². The molecule has 0 heterocycles. The fraction of sp³-hybridized carbons (Fsp3) is 1.00. The van der Waals surface area contributed by atoms with Crippen LogP contribution in [0.25, 0.3) is 0 Å². The van der Waals surface area contributed by atoms with Gasteiger partial charge in [0, 0.05) is 18.7 Å². The first-order chi connectivity index (χ1) is 8.97. The van der Waals surface area contributed by atoms with Crippen LogP contribution in [-0.2, 0) is 4.74 Å². The first kappa shape index (κ1) is 16.9. The molecule has 0 aromatic carbocycles. The Labute approximate surface area is 120 Å². The molecule has 0 aliphatic heterocycles. The molecule has 0 aromatic heterocycles. The third kappa shape index (κ3) is 11.4. The predicted molar refractivity (Wildman–Crippen MR) is 82.6 cm³/mol. The Morgan fingerprint density at radius 2 is 1.84 bits per heavy atom. The summed E-state index contributed by atoms with van der Waals surface area (Å²) in [5.41, 5.74) is 0.260. The lowest BCUT2D eigenvalue weighted by Crippen LogP contribution is -2.36. The molecule has 19 heavy (non-hydrogen) atoms. The van der Waals surface area contributed by atoms with Crippen molar-refractivity contribution >= 4 is 0 Å². The Morgan fingerprint density at radius 3 is 2.47 bits per heavy atom. The first-order valence-electron chi connectivity index (χ1n) is 7.99. The molecule has 0 unspecified atom stereocenters. The summed E-state index contributed by atoms with van der Waals surface area (Å²) in [6.45, 7) is 12.0. The van der Waals surface area contributed by atoms with Gasteiger partial charge in [0.25, 0.3) is 0 Å². The summed E-state index contributed by atoms with van der Waals surface area (Å²) in [7, 11) is 2.20. The first-order valence-corrected chi connectivity index (χ1v) is 7.99. The van der Waals surface area contributed by atoms with Gasteiger partial charge < -0.3 is 15.0 Å². The quantitative estimate of drug-likeness (QED) is 0.584. The Morgan fingerprint density at radius 1 is 1.11 bits per heavy atom. The monoisotopic (exact) mass is 270 g/mol. The average molecular weight is 270 g/mol. The molecular formula is C16H34N2O. The van der Waals surface area contributed by atoms with Crippen molar-refractivity contribution in [2.75, 3.05) is 39.9 Å². The third-order valence-electron chi connectivity index (χ3n) is 3.54. The number of hydrogen-bond acceptors (Lipinski definition) is 3. The van der Waals surface area contributed by atoms with E-state index in [4.69, 9.17) is 4.74 Å². The molecule has 0 atom stereocenters. The van der Waals surface area contributed by atoms with Gasteiger partial charge >= 0.3 is 0 Å². The molecule has 0 spiro atoms. The number of unbranched alkanes of at least 4 members (excludes halogenated alkanes) is 2. The van der Waals surface area contributed by atoms with Crippen LogP contribution in [0, 0.1) is 5.92 Å². The standard InChI is InChI=1S/C16H34N2O/c1-16(2,3)17-10-6-5-7-11-18(4)12-13-19-14-15-8-9-15/h15,17H,5-14H2,1-4H3. The lowest BCUT2D eigenvalue weighted by atomic mass is 10.1. The second-order valence-corrected chi connectivity index (χ2v) is 7.06. The molecule has 0 bridgehead atoms. The zero-order valence-corrected chi connectivity index (χ0v) is 13.5. The normalized spacial score (nSPS) is 16.3. The van der Waals surface area contributed by atoms with Crippen LogP contribution in [0.2, 0.25) is 0 Å². The molecule has 1 saturated carbocycles. The van der Waals surface area contributed by atoms with E-state index >= 15 is 0 Å². The van der Waals surface area contributed by atoms with Crippen molar-refractivity contribution in [3.05, 3.63) is 0 Å². The highest BCUT2D eigenvalue weighted by Gasteiger charge is 2.20. The molecule has 0 aromatic rings.